The van der Waals surface area contributed by atoms with E-state index in [2.05, 4.69) is 31.1 Å². The molecular weight excluding hydrogens is 1190 g/mol. The summed E-state index contributed by atoms with van der Waals surface area (Å²) in [5, 5.41) is 113. The highest BCUT2D eigenvalue weighted by molar-refractivity contribution is 7.47. The molecule has 33 heteroatoms. The third-order valence-corrected chi connectivity index (χ3v) is 16.3. The predicted molar refractivity (Wildman–Crippen MR) is 304 cm³/mol. The van der Waals surface area contributed by atoms with Crippen molar-refractivity contribution >= 4 is 48.9 Å². The standard InChI is InChI=1S/C55H98N5O27P/c1-31-46(71)48(73)39(27-62)85-53(31)81-22-10-7-13-36(66)25-34(16-18-42(68)56-20-9-12-24-83-55-45(58-33(3)65)51(76)50(75)41(29-64)87-55)52(77)60-37(38(67)14-5-6-15-44(70)59-35(26-61)30-84-88(78,79)80-4)17-19-43(69)57-21-8-11-23-82-54-32(2)47(72)49(74)40(28-63)86-54/h31-32,34-35,37,39-41,45-51,53-55,61-64,71-76H,5-30H2,1-4H3,(H,56,68)(H,57,69)(H,58,65)(H,59,70)(H,60,77)(H,78,79)/t31-,32-,34-,35-,37+,39-,40-,41-,45-,46-,47-,48+,49+,50+,51-,53-,54-,55-/m1/s1. The largest absolute Gasteiger partial charge is 0.471 e. The minimum atomic E-state index is -4.41. The predicted octanol–water partition coefficient (Wildman–Crippen LogP) is -3.92. The molecule has 0 aliphatic carbocycles. The number of ketones is 2. The minimum absolute atomic E-state index is 0.0177. The van der Waals surface area contributed by atoms with Gasteiger partial charge in [-0.1, -0.05) is 13.8 Å². The molecule has 32 nitrogen and oxygen atoms in total. The maximum absolute atomic E-state index is 14.3. The van der Waals surface area contributed by atoms with E-state index in [1.165, 1.54) is 6.92 Å². The SMILES string of the molecule is COP(=O)(O)OC[C@@H](CO)NC(=O)CCCCC(=O)[C@H](CCC(=O)NCCCCO[C@@H]1O[C@H](CO)[C@H](O)[C@H](O)[C@H]1C)NC(=O)[C@H](CCC(=O)NCCCCO[C@@H]1O[C@H](CO)[C@H](O)[C@H](O)[C@H]1NC(C)=O)CC(=O)CCCCO[C@@H]1O[C@H](CO)[C@H](O)[C@H](O)[C@H]1C. The highest BCUT2D eigenvalue weighted by Gasteiger charge is 2.46. The Morgan fingerprint density at radius 3 is 1.52 bits per heavy atom. The zero-order valence-corrected chi connectivity index (χ0v) is 51.6. The lowest BCUT2D eigenvalue weighted by molar-refractivity contribution is -0.282. The van der Waals surface area contributed by atoms with E-state index in [-0.39, 0.29) is 109 Å². The number of aliphatic hydroxyl groups excluding tert-OH is 10. The molecule has 0 aromatic carbocycles. The molecule has 16 N–H and O–H groups in total. The van der Waals surface area contributed by atoms with Crippen LogP contribution < -0.4 is 26.6 Å². The van der Waals surface area contributed by atoms with Gasteiger partial charge in [0.25, 0.3) is 0 Å². The summed E-state index contributed by atoms with van der Waals surface area (Å²) in [6.07, 6.45) is -13.5. The summed E-state index contributed by atoms with van der Waals surface area (Å²) in [6, 6.07) is -3.49. The first kappa shape index (κ1) is 78.4. The summed E-state index contributed by atoms with van der Waals surface area (Å²) in [7, 11) is -3.47. The first-order valence-corrected chi connectivity index (χ1v) is 31.6. The van der Waals surface area contributed by atoms with Crippen LogP contribution in [0.1, 0.15) is 124 Å². The van der Waals surface area contributed by atoms with Gasteiger partial charge in [-0.15, -0.1) is 0 Å². The van der Waals surface area contributed by atoms with E-state index in [0.717, 1.165) is 7.11 Å². The van der Waals surface area contributed by atoms with Crippen LogP contribution in [0.4, 0.5) is 0 Å². The van der Waals surface area contributed by atoms with Gasteiger partial charge in [0, 0.05) is 103 Å². The molecule has 3 rings (SSSR count). The smallest absolute Gasteiger partial charge is 0.394 e. The summed E-state index contributed by atoms with van der Waals surface area (Å²) in [5.74, 6) is -6.10. The first-order chi connectivity index (χ1) is 41.8. The highest BCUT2D eigenvalue weighted by Crippen LogP contribution is 2.42. The van der Waals surface area contributed by atoms with Crippen LogP contribution in [0.3, 0.4) is 0 Å². The Labute approximate surface area is 512 Å². The van der Waals surface area contributed by atoms with Gasteiger partial charge in [-0.2, -0.15) is 0 Å². The summed E-state index contributed by atoms with van der Waals surface area (Å²) in [6.45, 7) is 2.08. The van der Waals surface area contributed by atoms with Crippen molar-refractivity contribution < 1.29 is 132 Å². The van der Waals surface area contributed by atoms with Gasteiger partial charge in [0.2, 0.25) is 29.5 Å². The number of carbonyl (C=O) groups is 7. The van der Waals surface area contributed by atoms with Crippen molar-refractivity contribution in [3.63, 3.8) is 0 Å². The molecule has 3 aliphatic heterocycles. The fourth-order valence-corrected chi connectivity index (χ4v) is 10.3. The monoisotopic (exact) mass is 1290 g/mol. The molecule has 0 radical (unpaired) electrons. The molecule has 5 amide bonds. The molecule has 88 heavy (non-hydrogen) atoms. The topological polar surface area (TPSA) is 493 Å². The molecule has 0 saturated carbocycles. The molecule has 0 aromatic rings. The lowest BCUT2D eigenvalue weighted by Gasteiger charge is -2.42. The van der Waals surface area contributed by atoms with Gasteiger partial charge in [0.15, 0.2) is 24.7 Å². The van der Waals surface area contributed by atoms with Crippen LogP contribution in [0.2, 0.25) is 0 Å². The maximum atomic E-state index is 14.3. The van der Waals surface area contributed by atoms with Gasteiger partial charge in [-0.3, -0.25) is 42.6 Å². The van der Waals surface area contributed by atoms with Crippen molar-refractivity contribution in [2.75, 3.05) is 73.1 Å². The van der Waals surface area contributed by atoms with Crippen LogP contribution in [0.5, 0.6) is 0 Å². The quantitative estimate of drug-likeness (QED) is 0.0205. The van der Waals surface area contributed by atoms with Crippen molar-refractivity contribution in [1.29, 1.82) is 0 Å². The first-order valence-electron chi connectivity index (χ1n) is 30.1. The van der Waals surface area contributed by atoms with E-state index in [0.29, 0.717) is 32.1 Å². The molecule has 510 valence electrons. The Morgan fingerprint density at radius 1 is 0.557 bits per heavy atom. The number of unbranched alkanes of at least 4 members (excludes halogenated alkanes) is 4. The summed E-state index contributed by atoms with van der Waals surface area (Å²) < 4.78 is 54.8. The number of carbonyl (C=O) groups excluding carboxylic acids is 7. The number of rotatable bonds is 44. The van der Waals surface area contributed by atoms with Crippen LogP contribution >= 0.6 is 7.82 Å². The molecule has 1 unspecified atom stereocenters. The van der Waals surface area contributed by atoms with Crippen LogP contribution in [-0.4, -0.2) is 262 Å². The van der Waals surface area contributed by atoms with Gasteiger partial charge in [0.05, 0.1) is 57.3 Å². The Morgan fingerprint density at radius 2 is 1.02 bits per heavy atom. The second kappa shape index (κ2) is 41.6. The average Bonchev–Trinajstić information content (AvgIpc) is 2.45. The van der Waals surface area contributed by atoms with Crippen LogP contribution in [0.15, 0.2) is 0 Å². The molecule has 0 spiro atoms. The number of amides is 5. The molecule has 0 bridgehead atoms. The van der Waals surface area contributed by atoms with Gasteiger partial charge in [0.1, 0.15) is 54.6 Å². The number of Topliss-reactive ketones (excluding diaryl/α,β-unsaturated/α-hetero) is 2. The zero-order chi connectivity index (χ0) is 65.5. The van der Waals surface area contributed by atoms with E-state index in [4.69, 9.17) is 32.9 Å². The zero-order valence-electron chi connectivity index (χ0n) is 50.7. The van der Waals surface area contributed by atoms with Gasteiger partial charge < -0.3 is 111 Å². The molecule has 3 fully saturated rings. The third-order valence-electron chi connectivity index (χ3n) is 15.4. The number of ether oxygens (including phenoxy) is 6. The van der Waals surface area contributed by atoms with E-state index < -0.39 is 186 Å². The molecular formula is C55H98N5O27P. The lowest BCUT2D eigenvalue weighted by atomic mass is 9.92. The maximum Gasteiger partial charge on any atom is 0.471 e. The van der Waals surface area contributed by atoms with E-state index in [1.807, 2.05) is 0 Å². The Bertz CT molecular complexity index is 2150. The van der Waals surface area contributed by atoms with Crippen LogP contribution in [-0.2, 0) is 75.6 Å². The number of aliphatic hydroxyl groups is 10. The molecule has 19 atom stereocenters. The second-order valence-electron chi connectivity index (χ2n) is 22.4. The lowest BCUT2D eigenvalue weighted by Crippen LogP contribution is -2.64. The Hall–Kier alpha value is -3.84. The molecule has 3 saturated heterocycles. The van der Waals surface area contributed by atoms with E-state index in [9.17, 15) is 94.1 Å². The van der Waals surface area contributed by atoms with Gasteiger partial charge in [-0.05, 0) is 64.2 Å². The summed E-state index contributed by atoms with van der Waals surface area (Å²) in [5.41, 5.74) is 0. The normalized spacial score (nSPS) is 29.0. The van der Waals surface area contributed by atoms with Gasteiger partial charge >= 0.3 is 7.82 Å². The molecule has 0 aromatic heterocycles. The van der Waals surface area contributed by atoms with E-state index >= 15 is 0 Å². The third kappa shape index (κ3) is 27.5. The van der Waals surface area contributed by atoms with Crippen molar-refractivity contribution in [3.05, 3.63) is 0 Å². The number of phosphoric ester groups is 1. The number of hydrogen-bond donors (Lipinski definition) is 16. The van der Waals surface area contributed by atoms with Crippen molar-refractivity contribution in [3.8, 4) is 0 Å². The van der Waals surface area contributed by atoms with Gasteiger partial charge in [-0.25, -0.2) is 4.57 Å². The van der Waals surface area contributed by atoms with Crippen molar-refractivity contribution in [2.45, 2.75) is 215 Å². The highest BCUT2D eigenvalue weighted by atomic mass is 31.2. The number of phosphoric acid groups is 1. The van der Waals surface area contributed by atoms with E-state index in [1.54, 1.807) is 13.8 Å². The Balaban J connectivity index is 1.68. The van der Waals surface area contributed by atoms with Crippen LogP contribution in [0.25, 0.3) is 0 Å². The fraction of sp³-hybridized carbons (Fsp3) is 0.873. The van der Waals surface area contributed by atoms with Crippen molar-refractivity contribution in [2.24, 2.45) is 17.8 Å². The van der Waals surface area contributed by atoms with Crippen LogP contribution in [0, 0.1) is 17.8 Å². The minimum Gasteiger partial charge on any atom is -0.394 e. The Kier molecular flexibility index (Phi) is 37.1. The average molecular weight is 1290 g/mol. The van der Waals surface area contributed by atoms with Crippen molar-refractivity contribution in [1.82, 2.24) is 26.6 Å². The molecule has 3 heterocycles. The summed E-state index contributed by atoms with van der Waals surface area (Å²) >= 11 is 0. The number of nitrogens with one attached hydrogen (secondary N) is 5. The summed E-state index contributed by atoms with van der Waals surface area (Å²) in [4.78, 5) is 102. The fourth-order valence-electron chi connectivity index (χ4n) is 9.87. The number of hydrogen-bond acceptors (Lipinski definition) is 26. The second-order valence-corrected chi connectivity index (χ2v) is 24.0. The molecule has 3 aliphatic rings.